The van der Waals surface area contributed by atoms with Crippen LogP contribution >= 0.6 is 0 Å². The number of benzene rings is 1. The van der Waals surface area contributed by atoms with Crippen molar-refractivity contribution in [2.45, 2.75) is 31.7 Å². The number of nitrogens with zero attached hydrogens (tertiary/aromatic N) is 1. The molecule has 0 bridgehead atoms. The van der Waals surface area contributed by atoms with Gasteiger partial charge >= 0.3 is 0 Å². The SMILES string of the molecule is CCC(N)(C#N)CCCOc1cc(F)ccc1F. The maximum atomic E-state index is 13.2. The van der Waals surface area contributed by atoms with E-state index in [2.05, 4.69) is 0 Å². The van der Waals surface area contributed by atoms with Gasteiger partial charge in [0.1, 0.15) is 11.4 Å². The Labute approximate surface area is 105 Å². The van der Waals surface area contributed by atoms with Crippen LogP contribution in [0.4, 0.5) is 8.78 Å². The fraction of sp³-hybridized carbons (Fsp3) is 0.462. The van der Waals surface area contributed by atoms with Crippen LogP contribution in [-0.2, 0) is 0 Å². The van der Waals surface area contributed by atoms with Crippen LogP contribution in [0.15, 0.2) is 18.2 Å². The maximum absolute atomic E-state index is 13.2. The largest absolute Gasteiger partial charge is 0.490 e. The van der Waals surface area contributed by atoms with Crippen LogP contribution in [0.3, 0.4) is 0 Å². The van der Waals surface area contributed by atoms with Crippen LogP contribution in [0.2, 0.25) is 0 Å². The summed E-state index contributed by atoms with van der Waals surface area (Å²) >= 11 is 0. The number of ether oxygens (including phenoxy) is 1. The molecule has 5 heteroatoms. The molecule has 1 unspecified atom stereocenters. The van der Waals surface area contributed by atoms with Crippen LogP contribution < -0.4 is 10.5 Å². The second-order valence-corrected chi connectivity index (χ2v) is 4.15. The van der Waals surface area contributed by atoms with E-state index in [1.54, 1.807) is 0 Å². The third-order valence-electron chi connectivity index (χ3n) is 2.77. The summed E-state index contributed by atoms with van der Waals surface area (Å²) < 4.78 is 31.2. The Morgan fingerprint density at radius 3 is 2.78 bits per heavy atom. The molecule has 0 aliphatic carbocycles. The van der Waals surface area contributed by atoms with Gasteiger partial charge in [0, 0.05) is 6.07 Å². The van der Waals surface area contributed by atoms with Crippen molar-refractivity contribution in [3.05, 3.63) is 29.8 Å². The number of hydrogen-bond acceptors (Lipinski definition) is 3. The Morgan fingerprint density at radius 2 is 2.17 bits per heavy atom. The summed E-state index contributed by atoms with van der Waals surface area (Å²) in [4.78, 5) is 0. The Balaban J connectivity index is 2.43. The lowest BCUT2D eigenvalue weighted by Gasteiger charge is -2.19. The second kappa shape index (κ2) is 6.31. The lowest BCUT2D eigenvalue weighted by atomic mass is 9.94. The minimum absolute atomic E-state index is 0.119. The minimum Gasteiger partial charge on any atom is -0.490 e. The van der Waals surface area contributed by atoms with E-state index in [0.29, 0.717) is 19.3 Å². The first-order chi connectivity index (χ1) is 8.50. The first-order valence-corrected chi connectivity index (χ1v) is 5.79. The van der Waals surface area contributed by atoms with Crippen molar-refractivity contribution >= 4 is 0 Å². The van der Waals surface area contributed by atoms with Gasteiger partial charge in [-0.1, -0.05) is 6.92 Å². The predicted molar refractivity (Wildman–Crippen MR) is 63.9 cm³/mol. The highest BCUT2D eigenvalue weighted by Crippen LogP contribution is 2.19. The van der Waals surface area contributed by atoms with Crippen LogP contribution in [0.25, 0.3) is 0 Å². The molecular weight excluding hydrogens is 238 g/mol. The van der Waals surface area contributed by atoms with Crippen molar-refractivity contribution in [3.63, 3.8) is 0 Å². The minimum atomic E-state index is -0.871. The highest BCUT2D eigenvalue weighted by molar-refractivity contribution is 5.24. The highest BCUT2D eigenvalue weighted by atomic mass is 19.1. The van der Waals surface area contributed by atoms with Gasteiger partial charge in [-0.05, 0) is 31.4 Å². The molecular formula is C13H16F2N2O. The summed E-state index contributed by atoms with van der Waals surface area (Å²) in [5.74, 6) is -1.28. The summed E-state index contributed by atoms with van der Waals surface area (Å²) in [6.07, 6.45) is 1.50. The summed E-state index contributed by atoms with van der Waals surface area (Å²) in [6.45, 7) is 2.03. The molecule has 98 valence electrons. The van der Waals surface area contributed by atoms with Gasteiger partial charge in [0.05, 0.1) is 12.7 Å². The lowest BCUT2D eigenvalue weighted by molar-refractivity contribution is 0.278. The lowest BCUT2D eigenvalue weighted by Crippen LogP contribution is -2.37. The topological polar surface area (TPSA) is 59.0 Å². The van der Waals surface area contributed by atoms with Gasteiger partial charge in [0.2, 0.25) is 0 Å². The van der Waals surface area contributed by atoms with Crippen molar-refractivity contribution in [3.8, 4) is 11.8 Å². The van der Waals surface area contributed by atoms with Gasteiger partial charge in [-0.25, -0.2) is 8.78 Å². The van der Waals surface area contributed by atoms with Gasteiger partial charge in [-0.2, -0.15) is 5.26 Å². The van der Waals surface area contributed by atoms with Crippen molar-refractivity contribution in [1.82, 2.24) is 0 Å². The van der Waals surface area contributed by atoms with E-state index in [4.69, 9.17) is 15.7 Å². The third kappa shape index (κ3) is 3.97. The zero-order valence-corrected chi connectivity index (χ0v) is 10.2. The Kier molecular flexibility index (Phi) is 5.05. The van der Waals surface area contributed by atoms with E-state index in [0.717, 1.165) is 18.2 Å². The standard InChI is InChI=1S/C13H16F2N2O/c1-2-13(17,9-16)6-3-7-18-12-8-10(14)4-5-11(12)15/h4-5,8H,2-3,6-7,17H2,1H3. The van der Waals surface area contributed by atoms with E-state index in [-0.39, 0.29) is 12.4 Å². The first kappa shape index (κ1) is 14.4. The molecule has 3 nitrogen and oxygen atoms in total. The van der Waals surface area contributed by atoms with Crippen LogP contribution in [0, 0.1) is 23.0 Å². The Morgan fingerprint density at radius 1 is 1.44 bits per heavy atom. The Hall–Kier alpha value is -1.67. The molecule has 2 N–H and O–H groups in total. The average Bonchev–Trinajstić information content (AvgIpc) is 2.38. The molecule has 0 aliphatic heterocycles. The smallest absolute Gasteiger partial charge is 0.165 e. The Bertz CT molecular complexity index is 445. The van der Waals surface area contributed by atoms with Gasteiger partial charge in [-0.15, -0.1) is 0 Å². The number of nitrogens with two attached hydrogens (primary N) is 1. The summed E-state index contributed by atoms with van der Waals surface area (Å²) in [5, 5.41) is 8.86. The molecule has 1 rings (SSSR count). The zero-order chi connectivity index (χ0) is 13.6. The number of rotatable bonds is 6. The van der Waals surface area contributed by atoms with Crippen molar-refractivity contribution in [2.75, 3.05) is 6.61 Å². The predicted octanol–water partition coefficient (Wildman–Crippen LogP) is 2.75. The number of hydrogen-bond donors (Lipinski definition) is 1. The number of halogens is 2. The third-order valence-corrected chi connectivity index (χ3v) is 2.77. The van der Waals surface area contributed by atoms with Crippen LogP contribution in [0.1, 0.15) is 26.2 Å². The second-order valence-electron chi connectivity index (χ2n) is 4.15. The van der Waals surface area contributed by atoms with E-state index < -0.39 is 17.2 Å². The molecule has 0 heterocycles. The van der Waals surface area contributed by atoms with Gasteiger partial charge in [0.25, 0.3) is 0 Å². The fourth-order valence-corrected chi connectivity index (χ4v) is 1.47. The summed E-state index contributed by atoms with van der Waals surface area (Å²) in [6, 6.07) is 5.07. The molecule has 1 aromatic carbocycles. The monoisotopic (exact) mass is 254 g/mol. The first-order valence-electron chi connectivity index (χ1n) is 5.79. The van der Waals surface area contributed by atoms with Crippen LogP contribution in [0.5, 0.6) is 5.75 Å². The molecule has 0 amide bonds. The van der Waals surface area contributed by atoms with Gasteiger partial charge in [0.15, 0.2) is 11.6 Å². The van der Waals surface area contributed by atoms with Crippen molar-refractivity contribution in [2.24, 2.45) is 5.73 Å². The molecule has 0 fully saturated rings. The van der Waals surface area contributed by atoms with E-state index in [9.17, 15) is 8.78 Å². The highest BCUT2D eigenvalue weighted by Gasteiger charge is 2.21. The number of nitriles is 1. The van der Waals surface area contributed by atoms with Crippen LogP contribution in [-0.4, -0.2) is 12.1 Å². The molecule has 0 aromatic heterocycles. The van der Waals surface area contributed by atoms with E-state index in [1.165, 1.54) is 0 Å². The van der Waals surface area contributed by atoms with E-state index in [1.807, 2.05) is 13.0 Å². The molecule has 0 aliphatic rings. The summed E-state index contributed by atoms with van der Waals surface area (Å²) in [5.41, 5.74) is 4.91. The molecule has 1 atom stereocenters. The summed E-state index contributed by atoms with van der Waals surface area (Å²) in [7, 11) is 0. The normalized spacial score (nSPS) is 13.7. The fourth-order valence-electron chi connectivity index (χ4n) is 1.47. The maximum Gasteiger partial charge on any atom is 0.165 e. The molecule has 0 spiro atoms. The molecule has 0 saturated carbocycles. The quantitative estimate of drug-likeness (QED) is 0.794. The molecule has 0 saturated heterocycles. The van der Waals surface area contributed by atoms with E-state index >= 15 is 0 Å². The molecule has 1 aromatic rings. The molecule has 18 heavy (non-hydrogen) atoms. The average molecular weight is 254 g/mol. The van der Waals surface area contributed by atoms with Gasteiger partial charge in [-0.3, -0.25) is 0 Å². The molecule has 0 radical (unpaired) electrons. The van der Waals surface area contributed by atoms with Crippen molar-refractivity contribution < 1.29 is 13.5 Å². The zero-order valence-electron chi connectivity index (χ0n) is 10.2. The van der Waals surface area contributed by atoms with Crippen molar-refractivity contribution in [1.29, 1.82) is 5.26 Å². The van der Waals surface area contributed by atoms with Gasteiger partial charge < -0.3 is 10.5 Å².